The van der Waals surface area contributed by atoms with Gasteiger partial charge in [-0.1, -0.05) is 0 Å². The predicted octanol–water partition coefficient (Wildman–Crippen LogP) is 3.64. The summed E-state index contributed by atoms with van der Waals surface area (Å²) in [6, 6.07) is 1.95. The van der Waals surface area contributed by atoms with Crippen LogP contribution in [0.25, 0.3) is 16.6 Å². The molecule has 0 bridgehead atoms. The molecule has 0 amide bonds. The average molecular weight is 447 g/mol. The lowest BCUT2D eigenvalue weighted by Gasteiger charge is -2.25. The molecular weight excluding hydrogens is 418 g/mol. The monoisotopic (exact) mass is 446 g/mol. The Bertz CT molecular complexity index is 1070. The Morgan fingerprint density at radius 3 is 2.69 bits per heavy atom. The van der Waals surface area contributed by atoms with E-state index < -0.39 is 12.5 Å². The first-order chi connectivity index (χ1) is 15.5. The summed E-state index contributed by atoms with van der Waals surface area (Å²) in [5, 5.41) is 22.1. The van der Waals surface area contributed by atoms with Gasteiger partial charge in [0.2, 0.25) is 12.4 Å². The van der Waals surface area contributed by atoms with Crippen LogP contribution < -0.4 is 5.32 Å². The summed E-state index contributed by atoms with van der Waals surface area (Å²) in [7, 11) is 0. The van der Waals surface area contributed by atoms with Crippen molar-refractivity contribution in [2.75, 3.05) is 18.5 Å². The van der Waals surface area contributed by atoms with Gasteiger partial charge in [0.15, 0.2) is 0 Å². The zero-order valence-corrected chi connectivity index (χ0v) is 18.0. The van der Waals surface area contributed by atoms with Crippen molar-refractivity contribution in [1.82, 2.24) is 24.4 Å². The fraction of sp³-hybridized carbons (Fsp3) is 0.591. The molecule has 2 fully saturated rings. The number of ether oxygens (including phenoxy) is 1. The van der Waals surface area contributed by atoms with Gasteiger partial charge in [0.25, 0.3) is 0 Å². The molecule has 2 N–H and O–H groups in total. The number of aromatic nitrogens is 5. The van der Waals surface area contributed by atoms with Crippen molar-refractivity contribution in [3.05, 3.63) is 30.4 Å². The highest BCUT2D eigenvalue weighted by Gasteiger charge is 2.27. The standard InChI is InChI=1S/C22H28F2N6O2/c1-13(6-21(23)24)27-22-25-9-20-18(15-8-26-29(10-15)16-11-32-12-16)7-19(30(20)28-22)14-2-4-17(31)5-3-14/h7-10,13-14,16-17,21,31H,2-6,11-12H2,1H3,(H,27,28)/t13-,14?,17?/m0/s1. The van der Waals surface area contributed by atoms with Gasteiger partial charge in [-0.05, 0) is 38.7 Å². The number of halogens is 2. The lowest BCUT2D eigenvalue weighted by atomic mass is 9.85. The summed E-state index contributed by atoms with van der Waals surface area (Å²) >= 11 is 0. The van der Waals surface area contributed by atoms with Gasteiger partial charge in [0, 0.05) is 41.4 Å². The number of nitrogens with zero attached hydrogens (tertiary/aromatic N) is 5. The first-order valence-corrected chi connectivity index (χ1v) is 11.2. The maximum Gasteiger partial charge on any atom is 0.241 e. The third-order valence-electron chi connectivity index (χ3n) is 6.47. The minimum atomic E-state index is -2.39. The molecule has 10 heteroatoms. The highest BCUT2D eigenvalue weighted by Crippen LogP contribution is 2.37. The molecule has 4 heterocycles. The lowest BCUT2D eigenvalue weighted by molar-refractivity contribution is -0.0286. The van der Waals surface area contributed by atoms with E-state index in [1.165, 1.54) is 0 Å². The van der Waals surface area contributed by atoms with E-state index in [-0.39, 0.29) is 24.5 Å². The largest absolute Gasteiger partial charge is 0.393 e. The van der Waals surface area contributed by atoms with Crippen molar-refractivity contribution in [1.29, 1.82) is 0 Å². The van der Waals surface area contributed by atoms with Crippen LogP contribution in [-0.2, 0) is 4.74 Å². The van der Waals surface area contributed by atoms with Crippen molar-refractivity contribution in [2.45, 2.75) is 69.6 Å². The molecule has 1 aliphatic carbocycles. The van der Waals surface area contributed by atoms with Crippen LogP contribution in [0.1, 0.15) is 56.7 Å². The number of aliphatic hydroxyl groups excluding tert-OH is 1. The van der Waals surface area contributed by atoms with E-state index in [0.29, 0.717) is 19.2 Å². The Morgan fingerprint density at radius 2 is 2.00 bits per heavy atom. The summed E-state index contributed by atoms with van der Waals surface area (Å²) in [5.74, 6) is 0.586. The molecule has 1 saturated heterocycles. The molecule has 0 radical (unpaired) electrons. The predicted molar refractivity (Wildman–Crippen MR) is 115 cm³/mol. The van der Waals surface area contributed by atoms with Crippen LogP contribution in [0.5, 0.6) is 0 Å². The van der Waals surface area contributed by atoms with E-state index in [2.05, 4.69) is 26.6 Å². The van der Waals surface area contributed by atoms with Gasteiger partial charge >= 0.3 is 0 Å². The number of nitrogens with one attached hydrogen (secondary N) is 1. The molecule has 172 valence electrons. The topological polar surface area (TPSA) is 89.5 Å². The molecule has 2 aliphatic rings. The Labute approximate surface area is 184 Å². The normalized spacial score (nSPS) is 22.9. The number of rotatable bonds is 7. The van der Waals surface area contributed by atoms with Gasteiger partial charge in [0.05, 0.1) is 43.3 Å². The highest BCUT2D eigenvalue weighted by atomic mass is 19.3. The second-order valence-electron chi connectivity index (χ2n) is 8.94. The Balaban J connectivity index is 1.51. The van der Waals surface area contributed by atoms with Crippen molar-refractivity contribution in [3.63, 3.8) is 0 Å². The number of fused-ring (bicyclic) bond motifs is 1. The molecule has 3 aromatic heterocycles. The van der Waals surface area contributed by atoms with Crippen molar-refractivity contribution >= 4 is 11.5 Å². The minimum Gasteiger partial charge on any atom is -0.393 e. The van der Waals surface area contributed by atoms with E-state index in [1.54, 1.807) is 13.1 Å². The van der Waals surface area contributed by atoms with Crippen LogP contribution >= 0.6 is 0 Å². The van der Waals surface area contributed by atoms with Gasteiger partial charge in [0.1, 0.15) is 0 Å². The molecule has 1 saturated carbocycles. The number of hydrogen-bond donors (Lipinski definition) is 2. The summed E-state index contributed by atoms with van der Waals surface area (Å²) in [6.07, 6.45) is 5.97. The Kier molecular flexibility index (Phi) is 5.81. The second-order valence-corrected chi connectivity index (χ2v) is 8.94. The molecule has 8 nitrogen and oxygen atoms in total. The maximum atomic E-state index is 12.7. The quantitative estimate of drug-likeness (QED) is 0.576. The number of hydrogen-bond acceptors (Lipinski definition) is 6. The Morgan fingerprint density at radius 1 is 1.22 bits per heavy atom. The number of anilines is 1. The van der Waals surface area contributed by atoms with E-state index in [4.69, 9.17) is 4.74 Å². The van der Waals surface area contributed by atoms with Crippen molar-refractivity contribution < 1.29 is 18.6 Å². The molecule has 0 unspecified atom stereocenters. The van der Waals surface area contributed by atoms with Gasteiger partial charge in [-0.25, -0.2) is 18.3 Å². The molecular formula is C22H28F2N6O2. The summed E-state index contributed by atoms with van der Waals surface area (Å²) in [4.78, 5) is 4.40. The van der Waals surface area contributed by atoms with E-state index >= 15 is 0 Å². The van der Waals surface area contributed by atoms with Crippen LogP contribution in [0.15, 0.2) is 24.7 Å². The van der Waals surface area contributed by atoms with Gasteiger partial charge in [-0.2, -0.15) is 5.10 Å². The lowest BCUT2D eigenvalue weighted by Crippen LogP contribution is -2.30. The van der Waals surface area contributed by atoms with Gasteiger partial charge in [-0.15, -0.1) is 5.10 Å². The van der Waals surface area contributed by atoms with Crippen LogP contribution in [0.3, 0.4) is 0 Å². The van der Waals surface area contributed by atoms with Crippen molar-refractivity contribution in [2.24, 2.45) is 0 Å². The van der Waals surface area contributed by atoms with Crippen LogP contribution in [0.4, 0.5) is 14.7 Å². The second kappa shape index (κ2) is 8.74. The first-order valence-electron chi connectivity index (χ1n) is 11.2. The third kappa shape index (κ3) is 4.21. The van der Waals surface area contributed by atoms with Gasteiger partial charge in [-0.3, -0.25) is 4.68 Å². The summed E-state index contributed by atoms with van der Waals surface area (Å²) in [6.45, 7) is 3.03. The SMILES string of the molecule is C[C@@H](CC(F)F)Nc1ncc2c(-c3cnn(C4COC4)c3)cc(C3CCC(O)CC3)n2n1. The third-order valence-corrected chi connectivity index (χ3v) is 6.47. The fourth-order valence-corrected chi connectivity index (χ4v) is 4.57. The average Bonchev–Trinajstić information content (AvgIpc) is 3.31. The van der Waals surface area contributed by atoms with E-state index in [0.717, 1.165) is 48.0 Å². The molecule has 3 aromatic rings. The maximum absolute atomic E-state index is 12.7. The van der Waals surface area contributed by atoms with Crippen LogP contribution in [0, 0.1) is 0 Å². The van der Waals surface area contributed by atoms with Crippen molar-refractivity contribution in [3.8, 4) is 11.1 Å². The molecule has 1 aliphatic heterocycles. The van der Waals surface area contributed by atoms with E-state index in [9.17, 15) is 13.9 Å². The Hall–Kier alpha value is -2.59. The highest BCUT2D eigenvalue weighted by molar-refractivity contribution is 5.81. The zero-order chi connectivity index (χ0) is 22.2. The minimum absolute atomic E-state index is 0.248. The smallest absolute Gasteiger partial charge is 0.241 e. The molecule has 32 heavy (non-hydrogen) atoms. The fourth-order valence-electron chi connectivity index (χ4n) is 4.57. The number of aliphatic hydroxyl groups is 1. The van der Waals surface area contributed by atoms with E-state index in [1.807, 2.05) is 21.6 Å². The first kappa shape index (κ1) is 21.3. The molecule has 1 atom stereocenters. The molecule has 0 spiro atoms. The number of alkyl halides is 2. The summed E-state index contributed by atoms with van der Waals surface area (Å²) in [5.41, 5.74) is 3.87. The van der Waals surface area contributed by atoms with Crippen LogP contribution in [0.2, 0.25) is 0 Å². The molecule has 5 rings (SSSR count). The molecule has 0 aromatic carbocycles. The zero-order valence-electron chi connectivity index (χ0n) is 18.0. The van der Waals surface area contributed by atoms with Gasteiger partial charge < -0.3 is 15.2 Å². The summed E-state index contributed by atoms with van der Waals surface area (Å²) < 4.78 is 34.6. The van der Waals surface area contributed by atoms with Crippen LogP contribution in [-0.4, -0.2) is 61.3 Å².